The van der Waals surface area contributed by atoms with Crippen LogP contribution in [0, 0.1) is 0 Å². The summed E-state index contributed by atoms with van der Waals surface area (Å²) in [6.45, 7) is 0. The van der Waals surface area contributed by atoms with E-state index >= 15 is 0 Å². The highest BCUT2D eigenvalue weighted by atomic mass is 32.1. The molecule has 0 amide bonds. The number of hydrogen-bond acceptors (Lipinski definition) is 8. The zero-order valence-electron chi connectivity index (χ0n) is 28.0. The predicted octanol–water partition coefficient (Wildman–Crippen LogP) is 13.0. The quantitative estimate of drug-likeness (QED) is 0.171. The van der Waals surface area contributed by atoms with Crippen LogP contribution in [0.1, 0.15) is 0 Å². The highest BCUT2D eigenvalue weighted by Gasteiger charge is 2.21. The Morgan fingerprint density at radius 1 is 0.396 bits per heavy atom. The minimum atomic E-state index is 0.705. The van der Waals surface area contributed by atoms with Crippen LogP contribution in [0.3, 0.4) is 0 Å². The van der Waals surface area contributed by atoms with E-state index in [4.69, 9.17) is 24.0 Å². The molecule has 0 N–H and O–H groups in total. The van der Waals surface area contributed by atoms with Crippen molar-refractivity contribution in [2.45, 2.75) is 0 Å². The Kier molecular flexibility index (Phi) is 6.59. The average molecular weight is 702 g/mol. The number of benzene rings is 6. The number of aromatic nitrogens is 3. The molecular formula is C45H27N5O2S. The fraction of sp³-hybridized carbons (Fsp3) is 0. The van der Waals surface area contributed by atoms with Gasteiger partial charge in [0.25, 0.3) is 0 Å². The monoisotopic (exact) mass is 701 g/mol. The van der Waals surface area contributed by atoms with Crippen molar-refractivity contribution in [1.29, 1.82) is 0 Å². The van der Waals surface area contributed by atoms with Crippen LogP contribution in [-0.2, 0) is 0 Å². The van der Waals surface area contributed by atoms with Crippen molar-refractivity contribution in [3.8, 4) is 0 Å². The summed E-state index contributed by atoms with van der Waals surface area (Å²) in [6, 6.07) is 53.9. The molecule has 53 heavy (non-hydrogen) atoms. The van der Waals surface area contributed by atoms with E-state index in [9.17, 15) is 0 Å². The van der Waals surface area contributed by atoms with E-state index in [1.807, 2.05) is 66.9 Å². The van der Waals surface area contributed by atoms with Gasteiger partial charge in [-0.1, -0.05) is 72.8 Å². The second kappa shape index (κ2) is 11.8. The Morgan fingerprint density at radius 3 is 1.57 bits per heavy atom. The van der Waals surface area contributed by atoms with E-state index in [2.05, 4.69) is 107 Å². The van der Waals surface area contributed by atoms with E-state index < -0.39 is 0 Å². The molecule has 5 aromatic heterocycles. The van der Waals surface area contributed by atoms with Gasteiger partial charge in [0.15, 0.2) is 5.82 Å². The average Bonchev–Trinajstić information content (AvgIpc) is 3.89. The summed E-state index contributed by atoms with van der Waals surface area (Å²) < 4.78 is 14.6. The molecule has 0 fully saturated rings. The third-order valence-electron chi connectivity index (χ3n) is 9.79. The van der Waals surface area contributed by atoms with E-state index in [1.165, 1.54) is 0 Å². The van der Waals surface area contributed by atoms with Crippen LogP contribution < -0.4 is 9.80 Å². The van der Waals surface area contributed by atoms with Gasteiger partial charge >= 0.3 is 0 Å². The molecule has 250 valence electrons. The van der Waals surface area contributed by atoms with E-state index in [1.54, 1.807) is 11.3 Å². The zero-order chi connectivity index (χ0) is 34.9. The second-order valence-electron chi connectivity index (χ2n) is 13.0. The molecule has 0 radical (unpaired) electrons. The molecule has 0 spiro atoms. The maximum Gasteiger partial charge on any atom is 0.161 e. The fourth-order valence-corrected chi connectivity index (χ4v) is 8.43. The van der Waals surface area contributed by atoms with Crippen LogP contribution >= 0.6 is 11.3 Å². The number of fused-ring (bicyclic) bond motifs is 9. The number of para-hydroxylation sites is 4. The van der Waals surface area contributed by atoms with Gasteiger partial charge in [-0.2, -0.15) is 0 Å². The first kappa shape index (κ1) is 29.7. The number of thiophene rings is 1. The standard InChI is InChI=1S/C45H27N5O2S/c1-3-11-28(12-4-1)49(30-19-21-35-33-15-7-9-17-37(33)51-39(35)23-30)32-25-41-44(46-27-32)45-42(53-41)26-43(47-48-45)50(29-13-5-2-6-14-29)31-20-22-36-34-16-8-10-18-38(34)52-40(36)24-31/h1-27H. The number of anilines is 6. The van der Waals surface area contributed by atoms with Gasteiger partial charge in [-0.15, -0.1) is 21.5 Å². The van der Waals surface area contributed by atoms with Gasteiger partial charge in [-0.25, -0.2) is 0 Å². The molecule has 6 aromatic carbocycles. The number of furan rings is 2. The molecule has 0 saturated carbocycles. The van der Waals surface area contributed by atoms with Gasteiger partial charge in [0, 0.05) is 56.8 Å². The lowest BCUT2D eigenvalue weighted by Gasteiger charge is -2.25. The molecule has 0 aliphatic rings. The Balaban J connectivity index is 1.03. The molecule has 0 aliphatic heterocycles. The molecule has 8 heteroatoms. The highest BCUT2D eigenvalue weighted by Crippen LogP contribution is 2.43. The van der Waals surface area contributed by atoms with Crippen molar-refractivity contribution < 1.29 is 8.83 Å². The molecule has 11 aromatic rings. The lowest BCUT2D eigenvalue weighted by atomic mass is 10.1. The number of hydrogen-bond donors (Lipinski definition) is 0. The van der Waals surface area contributed by atoms with Gasteiger partial charge in [0.1, 0.15) is 33.4 Å². The maximum absolute atomic E-state index is 6.29. The Labute approximate surface area is 306 Å². The summed E-state index contributed by atoms with van der Waals surface area (Å²) in [4.78, 5) is 9.33. The van der Waals surface area contributed by atoms with Crippen molar-refractivity contribution in [2.75, 3.05) is 9.80 Å². The summed E-state index contributed by atoms with van der Waals surface area (Å²) in [5.74, 6) is 0.705. The van der Waals surface area contributed by atoms with Gasteiger partial charge in [-0.3, -0.25) is 9.88 Å². The van der Waals surface area contributed by atoms with E-state index in [0.29, 0.717) is 5.82 Å². The van der Waals surface area contributed by atoms with Crippen molar-refractivity contribution in [1.82, 2.24) is 15.2 Å². The Morgan fingerprint density at radius 2 is 0.925 bits per heavy atom. The summed E-state index contributed by atoms with van der Waals surface area (Å²) in [5.41, 5.74) is 9.83. The molecule has 7 nitrogen and oxygen atoms in total. The van der Waals surface area contributed by atoms with Crippen LogP contribution in [0.2, 0.25) is 0 Å². The second-order valence-corrected chi connectivity index (χ2v) is 14.0. The Bertz CT molecular complexity index is 2940. The SMILES string of the molecule is c1ccc(N(c2ccc3c(c2)oc2ccccc23)c2cnc3c(c2)sc2cc(N(c4ccccc4)c4ccc5c(c4)oc4ccccc45)nnc23)cc1. The number of rotatable bonds is 6. The fourth-order valence-electron chi connectivity index (χ4n) is 7.37. The van der Waals surface area contributed by atoms with Crippen molar-refractivity contribution in [3.63, 3.8) is 0 Å². The minimum Gasteiger partial charge on any atom is -0.456 e. The third-order valence-corrected chi connectivity index (χ3v) is 10.8. The van der Waals surface area contributed by atoms with Crippen LogP contribution in [0.15, 0.2) is 173 Å². The van der Waals surface area contributed by atoms with Crippen LogP contribution in [0.25, 0.3) is 64.3 Å². The third kappa shape index (κ3) is 4.84. The molecule has 5 heterocycles. The van der Waals surface area contributed by atoms with Crippen LogP contribution in [0.4, 0.5) is 34.3 Å². The van der Waals surface area contributed by atoms with Gasteiger partial charge in [-0.05, 0) is 66.7 Å². The molecule has 0 atom stereocenters. The van der Waals surface area contributed by atoms with Crippen LogP contribution in [0.5, 0.6) is 0 Å². The first-order valence-electron chi connectivity index (χ1n) is 17.3. The topological polar surface area (TPSA) is 71.4 Å². The van der Waals surface area contributed by atoms with E-state index in [0.717, 1.165) is 92.7 Å². The maximum atomic E-state index is 6.29. The summed E-state index contributed by atoms with van der Waals surface area (Å²) in [7, 11) is 0. The number of nitrogens with zero attached hydrogens (tertiary/aromatic N) is 5. The van der Waals surface area contributed by atoms with Gasteiger partial charge in [0.2, 0.25) is 0 Å². The first-order valence-corrected chi connectivity index (χ1v) is 18.2. The Hall–Kier alpha value is -7.03. The number of pyridine rings is 1. The molecule has 11 rings (SSSR count). The molecule has 0 bridgehead atoms. The molecule has 0 saturated heterocycles. The zero-order valence-corrected chi connectivity index (χ0v) is 28.9. The smallest absolute Gasteiger partial charge is 0.161 e. The van der Waals surface area contributed by atoms with Gasteiger partial charge < -0.3 is 13.7 Å². The van der Waals surface area contributed by atoms with Crippen molar-refractivity contribution in [2.24, 2.45) is 0 Å². The van der Waals surface area contributed by atoms with Gasteiger partial charge in [0.05, 0.1) is 27.0 Å². The lowest BCUT2D eigenvalue weighted by Crippen LogP contribution is -2.12. The van der Waals surface area contributed by atoms with Crippen LogP contribution in [-0.4, -0.2) is 15.2 Å². The highest BCUT2D eigenvalue weighted by molar-refractivity contribution is 7.25. The minimum absolute atomic E-state index is 0.705. The largest absolute Gasteiger partial charge is 0.456 e. The lowest BCUT2D eigenvalue weighted by molar-refractivity contribution is 0.668. The summed E-state index contributed by atoms with van der Waals surface area (Å²) in [6.07, 6.45) is 1.92. The van der Waals surface area contributed by atoms with Crippen molar-refractivity contribution >= 4 is 110 Å². The summed E-state index contributed by atoms with van der Waals surface area (Å²) in [5, 5.41) is 14.0. The molecule has 0 unspecified atom stereocenters. The first-order chi connectivity index (χ1) is 26.2. The predicted molar refractivity (Wildman–Crippen MR) is 217 cm³/mol. The normalized spacial score (nSPS) is 11.8. The van der Waals surface area contributed by atoms with Crippen molar-refractivity contribution in [3.05, 3.63) is 164 Å². The van der Waals surface area contributed by atoms with E-state index in [-0.39, 0.29) is 0 Å². The molecule has 0 aliphatic carbocycles. The summed E-state index contributed by atoms with van der Waals surface area (Å²) >= 11 is 1.66. The molecular weight excluding hydrogens is 675 g/mol.